The average Bonchev–Trinajstić information content (AvgIpc) is 2.77. The number of carbonyl (C=O) groups excluding carboxylic acids is 1. The second-order valence-corrected chi connectivity index (χ2v) is 5.25. The Morgan fingerprint density at radius 3 is 2.85 bits per heavy atom. The number of hydrogen-bond acceptors (Lipinski definition) is 3. The molecule has 1 N–H and O–H groups in total. The van der Waals surface area contributed by atoms with Gasteiger partial charge >= 0.3 is 0 Å². The summed E-state index contributed by atoms with van der Waals surface area (Å²) >= 11 is 0. The van der Waals surface area contributed by atoms with Gasteiger partial charge in [0.2, 0.25) is 5.91 Å². The van der Waals surface area contributed by atoms with Gasteiger partial charge in [-0.25, -0.2) is 0 Å². The first-order chi connectivity index (χ1) is 9.52. The summed E-state index contributed by atoms with van der Waals surface area (Å²) in [6.45, 7) is 6.51. The van der Waals surface area contributed by atoms with Gasteiger partial charge in [-0.2, -0.15) is 0 Å². The van der Waals surface area contributed by atoms with Crippen LogP contribution in [0, 0.1) is 13.8 Å². The fraction of sp³-hybridized carbons (Fsp3) is 0.438. The van der Waals surface area contributed by atoms with Gasteiger partial charge in [-0.15, -0.1) is 0 Å². The predicted octanol–water partition coefficient (Wildman–Crippen LogP) is 2.74. The van der Waals surface area contributed by atoms with Crippen molar-refractivity contribution in [3.63, 3.8) is 0 Å². The van der Waals surface area contributed by atoms with E-state index in [1.54, 1.807) is 13.4 Å². The van der Waals surface area contributed by atoms with Gasteiger partial charge in [0, 0.05) is 24.1 Å². The highest BCUT2D eigenvalue weighted by molar-refractivity contribution is 5.89. The lowest BCUT2D eigenvalue weighted by atomic mass is 10.0. The number of methoxy groups -OCH3 is 1. The van der Waals surface area contributed by atoms with E-state index < -0.39 is 0 Å². The maximum atomic E-state index is 12.0. The smallest absolute Gasteiger partial charge is 0.224 e. The third-order valence-corrected chi connectivity index (χ3v) is 3.52. The van der Waals surface area contributed by atoms with Crippen molar-refractivity contribution in [3.8, 4) is 0 Å². The van der Waals surface area contributed by atoms with Crippen LogP contribution in [0.15, 0.2) is 22.8 Å². The zero-order valence-electron chi connectivity index (χ0n) is 12.4. The van der Waals surface area contributed by atoms with Gasteiger partial charge in [-0.05, 0) is 31.9 Å². The van der Waals surface area contributed by atoms with Gasteiger partial charge in [0.1, 0.15) is 5.58 Å². The molecule has 1 aromatic heterocycles. The Morgan fingerprint density at radius 2 is 2.15 bits per heavy atom. The number of fused-ring (bicyclic) bond motifs is 1. The minimum Gasteiger partial charge on any atom is -0.464 e. The summed E-state index contributed by atoms with van der Waals surface area (Å²) in [6, 6.07) is 4.08. The molecule has 0 aliphatic rings. The Bertz CT molecular complexity index is 615. The number of aryl methyl sites for hydroxylation is 2. The third kappa shape index (κ3) is 3.02. The number of carbonyl (C=O) groups is 1. The molecule has 0 unspecified atom stereocenters. The number of ether oxygens (including phenoxy) is 1. The minimum atomic E-state index is -0.0181. The summed E-state index contributed by atoms with van der Waals surface area (Å²) in [5.41, 5.74) is 4.11. The van der Waals surface area contributed by atoms with Crippen LogP contribution in [-0.4, -0.2) is 25.7 Å². The van der Waals surface area contributed by atoms with Gasteiger partial charge < -0.3 is 14.5 Å². The van der Waals surface area contributed by atoms with E-state index in [1.165, 1.54) is 5.56 Å². The molecule has 0 fully saturated rings. The predicted molar refractivity (Wildman–Crippen MR) is 78.9 cm³/mol. The topological polar surface area (TPSA) is 51.5 Å². The molecule has 1 atom stereocenters. The van der Waals surface area contributed by atoms with Gasteiger partial charge in [-0.1, -0.05) is 12.1 Å². The van der Waals surface area contributed by atoms with Crippen LogP contribution in [0.2, 0.25) is 0 Å². The van der Waals surface area contributed by atoms with E-state index >= 15 is 0 Å². The minimum absolute atomic E-state index is 0.00893. The van der Waals surface area contributed by atoms with Gasteiger partial charge in [0.25, 0.3) is 0 Å². The standard InChI is InChI=1S/C16H21NO3/c1-10-5-6-14-13(9-20-16(14)12(10)3)7-15(18)17-11(2)8-19-4/h5-6,9,11H,7-8H2,1-4H3,(H,17,18)/t11-/m0/s1. The summed E-state index contributed by atoms with van der Waals surface area (Å²) in [6.07, 6.45) is 2.00. The molecule has 1 heterocycles. The highest BCUT2D eigenvalue weighted by atomic mass is 16.5. The second kappa shape index (κ2) is 6.09. The second-order valence-electron chi connectivity index (χ2n) is 5.25. The maximum absolute atomic E-state index is 12.0. The molecule has 0 radical (unpaired) electrons. The van der Waals surface area contributed by atoms with Crippen LogP contribution in [0.25, 0.3) is 11.0 Å². The van der Waals surface area contributed by atoms with Crippen LogP contribution in [0.5, 0.6) is 0 Å². The van der Waals surface area contributed by atoms with Crippen LogP contribution in [0.1, 0.15) is 23.6 Å². The molecule has 4 nitrogen and oxygen atoms in total. The van der Waals surface area contributed by atoms with Crippen molar-refractivity contribution in [1.29, 1.82) is 0 Å². The first kappa shape index (κ1) is 14.6. The van der Waals surface area contributed by atoms with Gasteiger partial charge in [-0.3, -0.25) is 4.79 Å². The third-order valence-electron chi connectivity index (χ3n) is 3.52. The number of furan rings is 1. The molecule has 0 aliphatic carbocycles. The fourth-order valence-electron chi connectivity index (χ4n) is 2.32. The zero-order valence-corrected chi connectivity index (χ0v) is 12.4. The molecular weight excluding hydrogens is 254 g/mol. The largest absolute Gasteiger partial charge is 0.464 e. The quantitative estimate of drug-likeness (QED) is 0.913. The molecule has 2 aromatic rings. The summed E-state index contributed by atoms with van der Waals surface area (Å²) in [7, 11) is 1.62. The van der Waals surface area contributed by atoms with Crippen molar-refractivity contribution in [2.45, 2.75) is 33.2 Å². The molecule has 0 aliphatic heterocycles. The SMILES string of the molecule is COC[C@H](C)NC(=O)Cc1coc2c(C)c(C)ccc12. The van der Waals surface area contributed by atoms with E-state index in [2.05, 4.69) is 18.3 Å². The molecule has 2 rings (SSSR count). The molecule has 108 valence electrons. The molecule has 0 saturated carbocycles. The molecule has 1 aromatic carbocycles. The Morgan fingerprint density at radius 1 is 1.40 bits per heavy atom. The average molecular weight is 275 g/mol. The van der Waals surface area contributed by atoms with Gasteiger partial charge in [0.05, 0.1) is 19.3 Å². The summed E-state index contributed by atoms with van der Waals surface area (Å²) < 4.78 is 10.6. The van der Waals surface area contributed by atoms with Crippen molar-refractivity contribution >= 4 is 16.9 Å². The normalized spacial score (nSPS) is 12.6. The molecule has 20 heavy (non-hydrogen) atoms. The lowest BCUT2D eigenvalue weighted by Crippen LogP contribution is -2.36. The van der Waals surface area contributed by atoms with E-state index in [-0.39, 0.29) is 11.9 Å². The number of nitrogens with one attached hydrogen (secondary N) is 1. The van der Waals surface area contributed by atoms with Crippen molar-refractivity contribution in [1.82, 2.24) is 5.32 Å². The number of hydrogen-bond donors (Lipinski definition) is 1. The van der Waals surface area contributed by atoms with E-state index in [0.29, 0.717) is 13.0 Å². The summed E-state index contributed by atoms with van der Waals surface area (Å²) in [4.78, 5) is 12.0. The highest BCUT2D eigenvalue weighted by Crippen LogP contribution is 2.26. The zero-order chi connectivity index (χ0) is 14.7. The number of rotatable bonds is 5. The first-order valence-electron chi connectivity index (χ1n) is 6.77. The van der Waals surface area contributed by atoms with Crippen LogP contribution in [-0.2, 0) is 16.0 Å². The van der Waals surface area contributed by atoms with Crippen LogP contribution in [0.4, 0.5) is 0 Å². The van der Waals surface area contributed by atoms with Gasteiger partial charge in [0.15, 0.2) is 0 Å². The molecular formula is C16H21NO3. The lowest BCUT2D eigenvalue weighted by molar-refractivity contribution is -0.121. The lowest BCUT2D eigenvalue weighted by Gasteiger charge is -2.12. The molecule has 1 amide bonds. The van der Waals surface area contributed by atoms with E-state index in [4.69, 9.17) is 9.15 Å². The first-order valence-corrected chi connectivity index (χ1v) is 6.77. The van der Waals surface area contributed by atoms with Crippen LogP contribution in [0.3, 0.4) is 0 Å². The molecule has 0 spiro atoms. The molecule has 4 heteroatoms. The maximum Gasteiger partial charge on any atom is 0.224 e. The number of benzene rings is 1. The van der Waals surface area contributed by atoms with Crippen molar-refractivity contribution in [3.05, 3.63) is 35.1 Å². The molecule has 0 bridgehead atoms. The van der Waals surface area contributed by atoms with Crippen molar-refractivity contribution in [2.75, 3.05) is 13.7 Å². The van der Waals surface area contributed by atoms with E-state index in [9.17, 15) is 4.79 Å². The van der Waals surface area contributed by atoms with Crippen LogP contribution >= 0.6 is 0 Å². The van der Waals surface area contributed by atoms with E-state index in [0.717, 1.165) is 22.1 Å². The fourth-order valence-corrected chi connectivity index (χ4v) is 2.32. The Hall–Kier alpha value is -1.81. The number of amides is 1. The Labute approximate surface area is 119 Å². The summed E-state index contributed by atoms with van der Waals surface area (Å²) in [5, 5.41) is 3.92. The highest BCUT2D eigenvalue weighted by Gasteiger charge is 2.14. The Kier molecular flexibility index (Phi) is 4.45. The summed E-state index contributed by atoms with van der Waals surface area (Å²) in [5.74, 6) is -0.0181. The van der Waals surface area contributed by atoms with Crippen molar-refractivity contribution in [2.24, 2.45) is 0 Å². The van der Waals surface area contributed by atoms with Crippen LogP contribution < -0.4 is 5.32 Å². The van der Waals surface area contributed by atoms with E-state index in [1.807, 2.05) is 19.9 Å². The molecule has 0 saturated heterocycles. The monoisotopic (exact) mass is 275 g/mol. The Balaban J connectivity index is 2.14. The van der Waals surface area contributed by atoms with Crippen molar-refractivity contribution < 1.29 is 13.9 Å².